The van der Waals surface area contributed by atoms with Gasteiger partial charge < -0.3 is 31.1 Å². The molecule has 4 unspecified atom stereocenters. The van der Waals surface area contributed by atoms with E-state index in [2.05, 4.69) is 10.6 Å². The van der Waals surface area contributed by atoms with E-state index in [-0.39, 0.29) is 0 Å². The van der Waals surface area contributed by atoms with Crippen molar-refractivity contribution in [3.05, 3.63) is 34.4 Å². The molecule has 0 aliphatic carbocycles. The number of aliphatic hydroxyl groups excluding tert-OH is 4. The van der Waals surface area contributed by atoms with Crippen molar-refractivity contribution >= 4 is 0 Å². The first-order valence-electron chi connectivity index (χ1n) is 9.46. The molecule has 26 heavy (non-hydrogen) atoms. The van der Waals surface area contributed by atoms with Crippen LogP contribution in [0.3, 0.4) is 0 Å². The van der Waals surface area contributed by atoms with Gasteiger partial charge in [0.1, 0.15) is 0 Å². The molecule has 0 aliphatic heterocycles. The molecular weight excluding hydrogens is 332 g/mol. The lowest BCUT2D eigenvalue weighted by molar-refractivity contribution is 0.188. The molecule has 6 nitrogen and oxygen atoms in total. The number of nitrogens with one attached hydrogen (secondary N) is 2. The van der Waals surface area contributed by atoms with Gasteiger partial charge in [-0.15, -0.1) is 0 Å². The predicted octanol–water partition coefficient (Wildman–Crippen LogP) is 0.474. The van der Waals surface area contributed by atoms with Crippen LogP contribution < -0.4 is 10.6 Å². The van der Waals surface area contributed by atoms with Crippen LogP contribution in [0.25, 0.3) is 0 Å². The highest BCUT2D eigenvalue weighted by Crippen LogP contribution is 2.23. The largest absolute Gasteiger partial charge is 0.393 e. The van der Waals surface area contributed by atoms with Gasteiger partial charge in [-0.2, -0.15) is 0 Å². The zero-order valence-electron chi connectivity index (χ0n) is 16.5. The minimum Gasteiger partial charge on any atom is -0.393 e. The SMILES string of the molecule is CC(O)CNCc1c(CC(C)O)ccc(CC(C)O)c1CNCC(C)O. The van der Waals surface area contributed by atoms with Crippen LogP contribution in [0.1, 0.15) is 49.9 Å². The van der Waals surface area contributed by atoms with E-state index >= 15 is 0 Å². The molecule has 1 aromatic carbocycles. The molecular formula is C20H36N2O4. The van der Waals surface area contributed by atoms with Crippen molar-refractivity contribution in [2.45, 2.75) is 78.0 Å². The highest BCUT2D eigenvalue weighted by atomic mass is 16.3. The van der Waals surface area contributed by atoms with Gasteiger partial charge in [-0.3, -0.25) is 0 Å². The Morgan fingerprint density at radius 2 is 1.00 bits per heavy atom. The Balaban J connectivity index is 3.17. The summed E-state index contributed by atoms with van der Waals surface area (Å²) in [6.45, 7) is 9.12. The van der Waals surface area contributed by atoms with E-state index in [1.807, 2.05) is 12.1 Å². The molecule has 6 heteroatoms. The van der Waals surface area contributed by atoms with Gasteiger partial charge in [-0.05, 0) is 62.8 Å². The first kappa shape index (κ1) is 23.0. The zero-order chi connectivity index (χ0) is 19.7. The summed E-state index contributed by atoms with van der Waals surface area (Å²) >= 11 is 0. The maximum atomic E-state index is 9.85. The van der Waals surface area contributed by atoms with Gasteiger partial charge in [0, 0.05) is 26.2 Å². The second-order valence-corrected chi connectivity index (χ2v) is 7.41. The molecule has 0 amide bonds. The summed E-state index contributed by atoms with van der Waals surface area (Å²) in [4.78, 5) is 0. The van der Waals surface area contributed by atoms with E-state index in [4.69, 9.17) is 0 Å². The molecule has 0 saturated heterocycles. The Labute approximate surface area is 157 Å². The monoisotopic (exact) mass is 368 g/mol. The molecule has 0 heterocycles. The lowest BCUT2D eigenvalue weighted by Crippen LogP contribution is -2.28. The molecule has 0 fully saturated rings. The average molecular weight is 369 g/mol. The highest BCUT2D eigenvalue weighted by molar-refractivity contribution is 5.42. The van der Waals surface area contributed by atoms with E-state index in [0.29, 0.717) is 39.0 Å². The van der Waals surface area contributed by atoms with Crippen LogP contribution in [-0.2, 0) is 25.9 Å². The van der Waals surface area contributed by atoms with E-state index in [9.17, 15) is 20.4 Å². The van der Waals surface area contributed by atoms with Crippen molar-refractivity contribution in [2.75, 3.05) is 13.1 Å². The Morgan fingerprint density at radius 1 is 0.654 bits per heavy atom. The summed E-state index contributed by atoms with van der Waals surface area (Å²) in [5.74, 6) is 0. The standard InChI is InChI=1S/C20H36N2O4/c1-13(23)7-17-5-6-18(8-14(2)24)20(12-22-10-16(4)26)19(17)11-21-9-15(3)25/h5-6,13-16,21-26H,7-12H2,1-4H3. The lowest BCUT2D eigenvalue weighted by Gasteiger charge is -2.22. The fraction of sp³-hybridized carbons (Fsp3) is 0.700. The van der Waals surface area contributed by atoms with Crippen LogP contribution in [0, 0.1) is 0 Å². The molecule has 0 bridgehead atoms. The third-order valence-electron chi connectivity index (χ3n) is 4.14. The minimum atomic E-state index is -0.452. The zero-order valence-corrected chi connectivity index (χ0v) is 16.5. The summed E-state index contributed by atoms with van der Waals surface area (Å²) in [5, 5.41) is 45.3. The van der Waals surface area contributed by atoms with Crippen LogP contribution >= 0.6 is 0 Å². The lowest BCUT2D eigenvalue weighted by atomic mass is 9.90. The smallest absolute Gasteiger partial charge is 0.0636 e. The van der Waals surface area contributed by atoms with Gasteiger partial charge in [-0.25, -0.2) is 0 Å². The van der Waals surface area contributed by atoms with Crippen molar-refractivity contribution in [2.24, 2.45) is 0 Å². The Bertz CT molecular complexity index is 484. The van der Waals surface area contributed by atoms with E-state index in [1.165, 1.54) is 0 Å². The summed E-state index contributed by atoms with van der Waals surface area (Å²) in [6, 6.07) is 4.03. The third-order valence-corrected chi connectivity index (χ3v) is 4.14. The van der Waals surface area contributed by atoms with Crippen LogP contribution in [0.4, 0.5) is 0 Å². The molecule has 6 N–H and O–H groups in total. The molecule has 0 saturated carbocycles. The van der Waals surface area contributed by atoms with Crippen LogP contribution in [0.5, 0.6) is 0 Å². The second kappa shape index (κ2) is 11.6. The quantitative estimate of drug-likeness (QED) is 0.321. The first-order valence-corrected chi connectivity index (χ1v) is 9.46. The summed E-state index contributed by atoms with van der Waals surface area (Å²) in [5.41, 5.74) is 4.29. The fourth-order valence-electron chi connectivity index (χ4n) is 3.06. The van der Waals surface area contributed by atoms with E-state index in [0.717, 1.165) is 22.3 Å². The van der Waals surface area contributed by atoms with E-state index in [1.54, 1.807) is 27.7 Å². The van der Waals surface area contributed by atoms with Crippen molar-refractivity contribution in [1.82, 2.24) is 10.6 Å². The van der Waals surface area contributed by atoms with Crippen LogP contribution in [0.15, 0.2) is 12.1 Å². The third kappa shape index (κ3) is 8.58. The molecule has 0 spiro atoms. The number of hydrogen-bond acceptors (Lipinski definition) is 6. The summed E-state index contributed by atoms with van der Waals surface area (Å²) in [7, 11) is 0. The molecule has 150 valence electrons. The van der Waals surface area contributed by atoms with Gasteiger partial charge in [0.2, 0.25) is 0 Å². The fourth-order valence-corrected chi connectivity index (χ4v) is 3.06. The van der Waals surface area contributed by atoms with Crippen LogP contribution in [-0.4, -0.2) is 57.9 Å². The Hall–Kier alpha value is -1.02. The predicted molar refractivity (Wildman–Crippen MR) is 104 cm³/mol. The molecule has 0 radical (unpaired) electrons. The number of hydrogen-bond donors (Lipinski definition) is 6. The van der Waals surface area contributed by atoms with Crippen molar-refractivity contribution in [1.29, 1.82) is 0 Å². The maximum Gasteiger partial charge on any atom is 0.0636 e. The first-order chi connectivity index (χ1) is 12.2. The number of benzene rings is 1. The summed E-state index contributed by atoms with van der Waals surface area (Å²) < 4.78 is 0. The molecule has 1 aromatic rings. The van der Waals surface area contributed by atoms with Gasteiger partial charge in [0.05, 0.1) is 24.4 Å². The van der Waals surface area contributed by atoms with Crippen molar-refractivity contribution in [3.63, 3.8) is 0 Å². The normalized spacial score (nSPS) is 16.3. The molecule has 1 rings (SSSR count). The number of aliphatic hydroxyl groups is 4. The highest BCUT2D eigenvalue weighted by Gasteiger charge is 2.16. The van der Waals surface area contributed by atoms with E-state index < -0.39 is 24.4 Å². The molecule has 0 aliphatic rings. The second-order valence-electron chi connectivity index (χ2n) is 7.41. The molecule has 0 aromatic heterocycles. The average Bonchev–Trinajstić information content (AvgIpc) is 2.50. The Morgan fingerprint density at radius 3 is 1.27 bits per heavy atom. The van der Waals surface area contributed by atoms with Crippen molar-refractivity contribution < 1.29 is 20.4 Å². The molecule has 4 atom stereocenters. The Kier molecular flexibility index (Phi) is 10.3. The van der Waals surface area contributed by atoms with Gasteiger partial charge >= 0.3 is 0 Å². The van der Waals surface area contributed by atoms with Crippen LogP contribution in [0.2, 0.25) is 0 Å². The maximum absolute atomic E-state index is 9.85. The summed E-state index contributed by atoms with van der Waals surface area (Å²) in [6.07, 6.45) is -0.688. The van der Waals surface area contributed by atoms with Gasteiger partial charge in [0.25, 0.3) is 0 Å². The topological polar surface area (TPSA) is 105 Å². The van der Waals surface area contributed by atoms with Crippen molar-refractivity contribution in [3.8, 4) is 0 Å². The van der Waals surface area contributed by atoms with Gasteiger partial charge in [-0.1, -0.05) is 12.1 Å². The minimum absolute atomic E-state index is 0.437. The number of rotatable bonds is 12. The van der Waals surface area contributed by atoms with Gasteiger partial charge in [0.15, 0.2) is 0 Å².